The molecule has 0 spiro atoms. The molecule has 6 heteroatoms. The number of anilines is 2. The van der Waals surface area contributed by atoms with Crippen molar-refractivity contribution < 1.29 is 4.79 Å². The van der Waals surface area contributed by atoms with E-state index in [9.17, 15) is 10.1 Å². The smallest absolute Gasteiger partial charge is 0.272 e. The minimum Gasteiger partial charge on any atom is -0.337 e. The molecular formula is C19H21N5O. The largest absolute Gasteiger partial charge is 0.337 e. The number of likely N-dealkylation sites (tertiary alicyclic amines) is 1. The van der Waals surface area contributed by atoms with Gasteiger partial charge in [-0.3, -0.25) is 4.79 Å². The van der Waals surface area contributed by atoms with E-state index in [1.54, 1.807) is 24.3 Å². The van der Waals surface area contributed by atoms with Crippen LogP contribution in [-0.2, 0) is 0 Å². The Hall–Kier alpha value is -2.94. The lowest BCUT2D eigenvalue weighted by Crippen LogP contribution is -2.32. The molecule has 25 heavy (non-hydrogen) atoms. The van der Waals surface area contributed by atoms with Gasteiger partial charge >= 0.3 is 0 Å². The standard InChI is InChI=1S/C19H21N5O/c1-14-12-17(18(25)24-10-6-2-3-7-11-24)23-19(21-14)22-16-9-5-4-8-15(16)13-20/h4-5,8-9,12H,2-3,6-7,10-11H2,1H3,(H,21,22,23). The zero-order chi connectivity index (χ0) is 17.6. The molecule has 3 rings (SSSR count). The van der Waals surface area contributed by atoms with Crippen molar-refractivity contribution in [2.24, 2.45) is 0 Å². The van der Waals surface area contributed by atoms with Crippen LogP contribution in [0.1, 0.15) is 47.4 Å². The van der Waals surface area contributed by atoms with Gasteiger partial charge in [-0.1, -0.05) is 25.0 Å². The summed E-state index contributed by atoms with van der Waals surface area (Å²) in [6.07, 6.45) is 4.42. The lowest BCUT2D eigenvalue weighted by Gasteiger charge is -2.20. The maximum Gasteiger partial charge on any atom is 0.272 e. The molecule has 0 bridgehead atoms. The number of nitriles is 1. The highest BCUT2D eigenvalue weighted by atomic mass is 16.2. The summed E-state index contributed by atoms with van der Waals surface area (Å²) in [6, 6.07) is 11.0. The Labute approximate surface area is 147 Å². The Kier molecular flexibility index (Phi) is 5.24. The molecule has 1 aromatic heterocycles. The number of amides is 1. The van der Waals surface area contributed by atoms with Crippen molar-refractivity contribution in [3.05, 3.63) is 47.3 Å². The van der Waals surface area contributed by atoms with E-state index in [-0.39, 0.29) is 5.91 Å². The van der Waals surface area contributed by atoms with E-state index in [1.807, 2.05) is 17.9 Å². The summed E-state index contributed by atoms with van der Waals surface area (Å²) in [5, 5.41) is 12.3. The quantitative estimate of drug-likeness (QED) is 0.929. The predicted molar refractivity (Wildman–Crippen MR) is 95.6 cm³/mol. The van der Waals surface area contributed by atoms with Gasteiger partial charge < -0.3 is 10.2 Å². The van der Waals surface area contributed by atoms with Crippen LogP contribution in [0.2, 0.25) is 0 Å². The number of aryl methyl sites for hydroxylation is 1. The van der Waals surface area contributed by atoms with E-state index in [4.69, 9.17) is 0 Å². The maximum atomic E-state index is 12.8. The van der Waals surface area contributed by atoms with Gasteiger partial charge in [-0.15, -0.1) is 0 Å². The third-order valence-electron chi connectivity index (χ3n) is 4.26. The number of benzene rings is 1. The van der Waals surface area contributed by atoms with E-state index in [2.05, 4.69) is 21.4 Å². The van der Waals surface area contributed by atoms with Gasteiger partial charge in [-0.2, -0.15) is 5.26 Å². The van der Waals surface area contributed by atoms with Crippen molar-refractivity contribution >= 4 is 17.5 Å². The lowest BCUT2D eigenvalue weighted by atomic mass is 10.2. The van der Waals surface area contributed by atoms with Crippen LogP contribution in [-0.4, -0.2) is 33.9 Å². The van der Waals surface area contributed by atoms with Crippen LogP contribution in [0, 0.1) is 18.3 Å². The maximum absolute atomic E-state index is 12.8. The first-order valence-electron chi connectivity index (χ1n) is 8.58. The van der Waals surface area contributed by atoms with Gasteiger partial charge in [0, 0.05) is 18.8 Å². The summed E-state index contributed by atoms with van der Waals surface area (Å²) in [5.74, 6) is 0.282. The number of carbonyl (C=O) groups is 1. The van der Waals surface area contributed by atoms with Crippen LogP contribution in [0.15, 0.2) is 30.3 Å². The van der Waals surface area contributed by atoms with Gasteiger partial charge in [-0.25, -0.2) is 9.97 Å². The Balaban J connectivity index is 1.85. The first kappa shape index (κ1) is 16.9. The molecule has 1 aliphatic rings. The van der Waals surface area contributed by atoms with E-state index < -0.39 is 0 Å². The van der Waals surface area contributed by atoms with Gasteiger partial charge in [0.2, 0.25) is 5.95 Å². The first-order valence-corrected chi connectivity index (χ1v) is 8.58. The highest BCUT2D eigenvalue weighted by molar-refractivity contribution is 5.92. The second-order valence-corrected chi connectivity index (χ2v) is 6.21. The molecule has 1 fully saturated rings. The summed E-state index contributed by atoms with van der Waals surface area (Å²) >= 11 is 0. The Morgan fingerprint density at radius 3 is 2.60 bits per heavy atom. The molecule has 128 valence electrons. The number of carbonyl (C=O) groups excluding carboxylic acids is 1. The number of para-hydroxylation sites is 1. The molecule has 0 radical (unpaired) electrons. The molecule has 6 nitrogen and oxygen atoms in total. The lowest BCUT2D eigenvalue weighted by molar-refractivity contribution is 0.0755. The first-order chi connectivity index (χ1) is 12.2. The zero-order valence-corrected chi connectivity index (χ0v) is 14.3. The van der Waals surface area contributed by atoms with Gasteiger partial charge in [0.25, 0.3) is 5.91 Å². The van der Waals surface area contributed by atoms with Gasteiger partial charge in [-0.05, 0) is 38.0 Å². The predicted octanol–water partition coefficient (Wildman–Crippen LogP) is 3.42. The Morgan fingerprint density at radius 1 is 1.16 bits per heavy atom. The van der Waals surface area contributed by atoms with Crippen molar-refractivity contribution in [2.45, 2.75) is 32.6 Å². The van der Waals surface area contributed by atoms with Crippen molar-refractivity contribution in [3.63, 3.8) is 0 Å². The summed E-state index contributed by atoms with van der Waals surface area (Å²) in [4.78, 5) is 23.4. The molecule has 1 amide bonds. The second-order valence-electron chi connectivity index (χ2n) is 6.21. The molecule has 1 saturated heterocycles. The van der Waals surface area contributed by atoms with Crippen LogP contribution < -0.4 is 5.32 Å². The van der Waals surface area contributed by atoms with Crippen LogP contribution in [0.5, 0.6) is 0 Å². The van der Waals surface area contributed by atoms with Crippen LogP contribution in [0.25, 0.3) is 0 Å². The highest BCUT2D eigenvalue weighted by Gasteiger charge is 2.19. The number of rotatable bonds is 3. The molecule has 0 atom stereocenters. The molecule has 1 aromatic carbocycles. The molecule has 2 aromatic rings. The molecule has 0 saturated carbocycles. The van der Waals surface area contributed by atoms with Crippen molar-refractivity contribution in [1.29, 1.82) is 5.26 Å². The third-order valence-corrected chi connectivity index (χ3v) is 4.26. The molecular weight excluding hydrogens is 314 g/mol. The molecule has 1 aliphatic heterocycles. The SMILES string of the molecule is Cc1cc(C(=O)N2CCCCCC2)nc(Nc2ccccc2C#N)n1. The molecule has 0 aliphatic carbocycles. The number of nitrogens with one attached hydrogen (secondary N) is 1. The summed E-state index contributed by atoms with van der Waals surface area (Å²) in [7, 11) is 0. The second kappa shape index (κ2) is 7.75. The van der Waals surface area contributed by atoms with Gasteiger partial charge in [0.1, 0.15) is 11.8 Å². The van der Waals surface area contributed by atoms with E-state index >= 15 is 0 Å². The topological polar surface area (TPSA) is 81.9 Å². The summed E-state index contributed by atoms with van der Waals surface area (Å²) < 4.78 is 0. The fourth-order valence-electron chi connectivity index (χ4n) is 2.98. The van der Waals surface area contributed by atoms with Crippen molar-refractivity contribution in [1.82, 2.24) is 14.9 Å². The van der Waals surface area contributed by atoms with E-state index in [0.29, 0.717) is 28.6 Å². The average molecular weight is 335 g/mol. The van der Waals surface area contributed by atoms with Crippen molar-refractivity contribution in [3.8, 4) is 6.07 Å². The van der Waals surface area contributed by atoms with Crippen molar-refractivity contribution in [2.75, 3.05) is 18.4 Å². The number of hydrogen-bond donors (Lipinski definition) is 1. The molecule has 2 heterocycles. The van der Waals surface area contributed by atoms with Crippen LogP contribution in [0.3, 0.4) is 0 Å². The molecule has 1 N–H and O–H groups in total. The zero-order valence-electron chi connectivity index (χ0n) is 14.3. The van der Waals surface area contributed by atoms with Gasteiger partial charge in [0.05, 0.1) is 11.3 Å². The highest BCUT2D eigenvalue weighted by Crippen LogP contribution is 2.19. The normalized spacial score (nSPS) is 14.5. The molecule has 0 unspecified atom stereocenters. The van der Waals surface area contributed by atoms with Gasteiger partial charge in [0.15, 0.2) is 0 Å². The van der Waals surface area contributed by atoms with E-state index in [1.165, 1.54) is 12.8 Å². The summed E-state index contributed by atoms with van der Waals surface area (Å²) in [6.45, 7) is 3.39. The average Bonchev–Trinajstić information content (AvgIpc) is 2.90. The minimum atomic E-state index is -0.0518. The monoisotopic (exact) mass is 335 g/mol. The van der Waals surface area contributed by atoms with Crippen LogP contribution in [0.4, 0.5) is 11.6 Å². The summed E-state index contributed by atoms with van der Waals surface area (Å²) in [5.41, 5.74) is 2.24. The Morgan fingerprint density at radius 2 is 1.88 bits per heavy atom. The minimum absolute atomic E-state index is 0.0518. The fraction of sp³-hybridized carbons (Fsp3) is 0.368. The Bertz CT molecular complexity index is 804. The van der Waals surface area contributed by atoms with Crippen LogP contribution >= 0.6 is 0 Å². The fourth-order valence-corrected chi connectivity index (χ4v) is 2.98. The van der Waals surface area contributed by atoms with E-state index in [0.717, 1.165) is 25.9 Å². The number of aromatic nitrogens is 2. The third kappa shape index (κ3) is 4.13. The number of hydrogen-bond acceptors (Lipinski definition) is 5. The number of nitrogens with zero attached hydrogens (tertiary/aromatic N) is 4.